The Kier molecular flexibility index (Phi) is 2.56. The standard InChI is InChI=1S/C14H14ClN/c15-13(10-5-6-10)9-12-8-7-11-3-1-2-4-14(11)16-12/h1-4,7-8,10,13H,5-6,9H2. The largest absolute Gasteiger partial charge is 0.253 e. The van der Waals surface area contributed by atoms with Crippen molar-refractivity contribution in [2.45, 2.75) is 24.6 Å². The normalized spacial score (nSPS) is 17.6. The van der Waals surface area contributed by atoms with E-state index in [0.29, 0.717) is 0 Å². The summed E-state index contributed by atoms with van der Waals surface area (Å²) >= 11 is 6.32. The van der Waals surface area contributed by atoms with Gasteiger partial charge in [0.25, 0.3) is 0 Å². The highest BCUT2D eigenvalue weighted by molar-refractivity contribution is 6.21. The summed E-state index contributed by atoms with van der Waals surface area (Å²) in [4.78, 5) is 4.64. The second kappa shape index (κ2) is 4.06. The minimum atomic E-state index is 0.272. The molecule has 2 aromatic rings. The Morgan fingerprint density at radius 3 is 2.81 bits per heavy atom. The first-order valence-electron chi connectivity index (χ1n) is 5.82. The molecule has 0 N–H and O–H groups in total. The lowest BCUT2D eigenvalue weighted by atomic mass is 10.1. The van der Waals surface area contributed by atoms with Gasteiger partial charge in [0.15, 0.2) is 0 Å². The van der Waals surface area contributed by atoms with Gasteiger partial charge in [0.1, 0.15) is 0 Å². The lowest BCUT2D eigenvalue weighted by molar-refractivity contribution is 0.726. The molecule has 1 fully saturated rings. The number of benzene rings is 1. The number of nitrogens with zero attached hydrogens (tertiary/aromatic N) is 1. The molecular formula is C14H14ClN. The van der Waals surface area contributed by atoms with E-state index in [1.54, 1.807) is 0 Å². The Hall–Kier alpha value is -1.08. The average Bonchev–Trinajstić information content (AvgIpc) is 3.12. The highest BCUT2D eigenvalue weighted by Gasteiger charge is 2.29. The van der Waals surface area contributed by atoms with Crippen molar-refractivity contribution in [3.05, 3.63) is 42.1 Å². The number of pyridine rings is 1. The molecule has 16 heavy (non-hydrogen) atoms. The quantitative estimate of drug-likeness (QED) is 0.733. The van der Waals surface area contributed by atoms with Crippen molar-refractivity contribution in [3.63, 3.8) is 0 Å². The van der Waals surface area contributed by atoms with Crippen molar-refractivity contribution in [1.82, 2.24) is 4.98 Å². The molecule has 3 rings (SSSR count). The third-order valence-electron chi connectivity index (χ3n) is 3.19. The van der Waals surface area contributed by atoms with Gasteiger partial charge in [0.05, 0.1) is 5.52 Å². The van der Waals surface area contributed by atoms with E-state index in [9.17, 15) is 0 Å². The van der Waals surface area contributed by atoms with E-state index in [0.717, 1.165) is 23.5 Å². The van der Waals surface area contributed by atoms with Crippen molar-refractivity contribution < 1.29 is 0 Å². The molecule has 1 saturated carbocycles. The number of aromatic nitrogens is 1. The van der Waals surface area contributed by atoms with Crippen LogP contribution in [0.3, 0.4) is 0 Å². The van der Waals surface area contributed by atoms with Crippen LogP contribution in [0.1, 0.15) is 18.5 Å². The Bertz CT molecular complexity index is 505. The second-order valence-corrected chi connectivity index (χ2v) is 5.11. The summed E-state index contributed by atoms with van der Waals surface area (Å²) in [5, 5.41) is 1.47. The maximum atomic E-state index is 6.32. The summed E-state index contributed by atoms with van der Waals surface area (Å²) in [5.41, 5.74) is 2.19. The number of rotatable bonds is 3. The van der Waals surface area contributed by atoms with E-state index in [1.165, 1.54) is 18.2 Å². The molecule has 1 nitrogen and oxygen atoms in total. The number of hydrogen-bond acceptors (Lipinski definition) is 1. The molecule has 0 spiro atoms. The maximum absolute atomic E-state index is 6.32. The molecule has 1 unspecified atom stereocenters. The van der Waals surface area contributed by atoms with Crippen LogP contribution < -0.4 is 0 Å². The van der Waals surface area contributed by atoms with Crippen LogP contribution in [0.4, 0.5) is 0 Å². The van der Waals surface area contributed by atoms with Gasteiger partial charge < -0.3 is 0 Å². The molecule has 0 bridgehead atoms. The van der Waals surface area contributed by atoms with Crippen LogP contribution in [0.5, 0.6) is 0 Å². The summed E-state index contributed by atoms with van der Waals surface area (Å²) in [6.07, 6.45) is 3.49. The fraction of sp³-hybridized carbons (Fsp3) is 0.357. The Morgan fingerprint density at radius 2 is 2.00 bits per heavy atom. The predicted octanol–water partition coefficient (Wildman–Crippen LogP) is 3.79. The molecular weight excluding hydrogens is 218 g/mol. The highest BCUT2D eigenvalue weighted by Crippen LogP contribution is 2.37. The number of fused-ring (bicyclic) bond motifs is 1. The predicted molar refractivity (Wildman–Crippen MR) is 67.8 cm³/mol. The molecule has 1 aliphatic carbocycles. The summed E-state index contributed by atoms with van der Waals surface area (Å²) in [7, 11) is 0. The van der Waals surface area contributed by atoms with Crippen molar-refractivity contribution in [1.29, 1.82) is 0 Å². The average molecular weight is 232 g/mol. The lowest BCUT2D eigenvalue weighted by Gasteiger charge is -2.07. The molecule has 2 heteroatoms. The smallest absolute Gasteiger partial charge is 0.0705 e. The van der Waals surface area contributed by atoms with Crippen molar-refractivity contribution in [3.8, 4) is 0 Å². The first-order chi connectivity index (χ1) is 7.83. The Balaban J connectivity index is 1.86. The van der Waals surface area contributed by atoms with Gasteiger partial charge in [0.2, 0.25) is 0 Å². The Labute approximate surface area is 100 Å². The molecule has 82 valence electrons. The second-order valence-electron chi connectivity index (χ2n) is 4.55. The van der Waals surface area contributed by atoms with Crippen LogP contribution in [0.15, 0.2) is 36.4 Å². The van der Waals surface area contributed by atoms with Crippen LogP contribution >= 0.6 is 11.6 Å². The topological polar surface area (TPSA) is 12.9 Å². The first kappa shape index (κ1) is 10.1. The number of alkyl halides is 1. The van der Waals surface area contributed by atoms with Gasteiger partial charge >= 0.3 is 0 Å². The number of para-hydroxylation sites is 1. The third-order valence-corrected chi connectivity index (χ3v) is 3.70. The summed E-state index contributed by atoms with van der Waals surface area (Å²) < 4.78 is 0. The van der Waals surface area contributed by atoms with E-state index in [1.807, 2.05) is 12.1 Å². The lowest BCUT2D eigenvalue weighted by Crippen LogP contribution is -2.06. The minimum Gasteiger partial charge on any atom is -0.253 e. The van der Waals surface area contributed by atoms with Crippen LogP contribution in [0.2, 0.25) is 0 Å². The van der Waals surface area contributed by atoms with Crippen molar-refractivity contribution in [2.75, 3.05) is 0 Å². The number of halogens is 1. The van der Waals surface area contributed by atoms with Gasteiger partial charge in [-0.2, -0.15) is 0 Å². The highest BCUT2D eigenvalue weighted by atomic mass is 35.5. The van der Waals surface area contributed by atoms with Crippen LogP contribution in [-0.4, -0.2) is 10.4 Å². The van der Waals surface area contributed by atoms with Crippen molar-refractivity contribution >= 4 is 22.5 Å². The van der Waals surface area contributed by atoms with E-state index in [2.05, 4.69) is 29.2 Å². The fourth-order valence-electron chi connectivity index (χ4n) is 2.05. The first-order valence-corrected chi connectivity index (χ1v) is 6.25. The van der Waals surface area contributed by atoms with Crippen LogP contribution in [0.25, 0.3) is 10.9 Å². The van der Waals surface area contributed by atoms with Gasteiger partial charge in [0, 0.05) is 22.9 Å². The van der Waals surface area contributed by atoms with Crippen LogP contribution in [-0.2, 0) is 6.42 Å². The minimum absolute atomic E-state index is 0.272. The molecule has 1 heterocycles. The molecule has 1 atom stereocenters. The van der Waals surface area contributed by atoms with Gasteiger partial charge in [-0.25, -0.2) is 0 Å². The molecule has 0 amide bonds. The third kappa shape index (κ3) is 2.05. The van der Waals surface area contributed by atoms with Gasteiger partial charge in [-0.05, 0) is 30.9 Å². The summed E-state index contributed by atoms with van der Waals surface area (Å²) in [6, 6.07) is 12.4. The van der Waals surface area contributed by atoms with Crippen LogP contribution in [0, 0.1) is 5.92 Å². The molecule has 1 aromatic carbocycles. The monoisotopic (exact) mass is 231 g/mol. The van der Waals surface area contributed by atoms with E-state index < -0.39 is 0 Å². The molecule has 1 aromatic heterocycles. The zero-order valence-corrected chi connectivity index (χ0v) is 9.82. The Morgan fingerprint density at radius 1 is 1.19 bits per heavy atom. The van der Waals surface area contributed by atoms with E-state index in [-0.39, 0.29) is 5.38 Å². The number of hydrogen-bond donors (Lipinski definition) is 0. The van der Waals surface area contributed by atoms with Crippen molar-refractivity contribution in [2.24, 2.45) is 5.92 Å². The zero-order valence-electron chi connectivity index (χ0n) is 9.07. The SMILES string of the molecule is ClC(Cc1ccc2ccccc2n1)C1CC1. The van der Waals surface area contributed by atoms with Gasteiger partial charge in [-0.3, -0.25) is 4.98 Å². The zero-order chi connectivity index (χ0) is 11.0. The molecule has 0 saturated heterocycles. The fourth-order valence-corrected chi connectivity index (χ4v) is 2.46. The van der Waals surface area contributed by atoms with E-state index in [4.69, 9.17) is 11.6 Å². The molecule has 0 aliphatic heterocycles. The van der Waals surface area contributed by atoms with E-state index >= 15 is 0 Å². The van der Waals surface area contributed by atoms with Gasteiger partial charge in [-0.15, -0.1) is 11.6 Å². The van der Waals surface area contributed by atoms with Gasteiger partial charge in [-0.1, -0.05) is 24.3 Å². The summed E-state index contributed by atoms with van der Waals surface area (Å²) in [6.45, 7) is 0. The summed E-state index contributed by atoms with van der Waals surface area (Å²) in [5.74, 6) is 0.731. The molecule has 0 radical (unpaired) electrons. The molecule has 1 aliphatic rings. The maximum Gasteiger partial charge on any atom is 0.0705 e.